The van der Waals surface area contributed by atoms with Crippen LogP contribution in [0.25, 0.3) is 0 Å². The zero-order chi connectivity index (χ0) is 11.3. The molecule has 1 rings (SSSR count). The molecule has 1 N–H and O–H groups in total. The van der Waals surface area contributed by atoms with Crippen LogP contribution in [-0.4, -0.2) is 25.0 Å². The molecule has 4 heteroatoms. The molecule has 0 heterocycles. The molecule has 0 radical (unpaired) electrons. The fraction of sp³-hybridized carbons (Fsp3) is 0.818. The molecule has 0 unspecified atom stereocenters. The van der Waals surface area contributed by atoms with Gasteiger partial charge in [-0.3, -0.25) is 9.59 Å². The Labute approximate surface area is 90.4 Å². The summed E-state index contributed by atoms with van der Waals surface area (Å²) in [5.74, 6) is 0.270. The molecule has 86 valence electrons. The Bertz CT molecular complexity index is 236. The number of nitrogens with one attached hydrogen (secondary N) is 1. The van der Waals surface area contributed by atoms with E-state index in [0.29, 0.717) is 18.8 Å². The van der Waals surface area contributed by atoms with Crippen LogP contribution in [0.1, 0.15) is 39.0 Å². The summed E-state index contributed by atoms with van der Waals surface area (Å²) in [6, 6.07) is -0.0171. The highest BCUT2D eigenvalue weighted by Crippen LogP contribution is 2.34. The van der Waals surface area contributed by atoms with Crippen LogP contribution in [-0.2, 0) is 14.3 Å². The van der Waals surface area contributed by atoms with E-state index in [-0.39, 0.29) is 17.9 Å². The predicted molar refractivity (Wildman–Crippen MR) is 56.2 cm³/mol. The molecule has 0 saturated heterocycles. The van der Waals surface area contributed by atoms with Gasteiger partial charge in [0.1, 0.15) is 0 Å². The molecule has 0 spiro atoms. The maximum Gasteiger partial charge on any atom is 0.307 e. The Morgan fingerprint density at radius 3 is 2.60 bits per heavy atom. The average Bonchev–Trinajstić information content (AvgIpc) is 3.00. The van der Waals surface area contributed by atoms with E-state index in [1.165, 1.54) is 7.11 Å². The van der Waals surface area contributed by atoms with Crippen LogP contribution in [0, 0.1) is 5.92 Å². The lowest BCUT2D eigenvalue weighted by Gasteiger charge is -2.16. The summed E-state index contributed by atoms with van der Waals surface area (Å²) < 4.78 is 4.61. The Kier molecular flexibility index (Phi) is 4.59. The maximum atomic E-state index is 11.4. The van der Waals surface area contributed by atoms with Crippen LogP contribution in [0.5, 0.6) is 0 Å². The van der Waals surface area contributed by atoms with E-state index < -0.39 is 0 Å². The Hall–Kier alpha value is -1.06. The van der Waals surface area contributed by atoms with Gasteiger partial charge < -0.3 is 10.1 Å². The molecule has 0 aromatic carbocycles. The van der Waals surface area contributed by atoms with E-state index in [1.54, 1.807) is 0 Å². The number of amides is 1. The summed E-state index contributed by atoms with van der Waals surface area (Å²) in [7, 11) is 1.38. The smallest absolute Gasteiger partial charge is 0.307 e. The fourth-order valence-electron chi connectivity index (χ4n) is 1.60. The van der Waals surface area contributed by atoms with Gasteiger partial charge in [-0.25, -0.2) is 0 Å². The molecule has 4 nitrogen and oxygen atoms in total. The van der Waals surface area contributed by atoms with E-state index in [4.69, 9.17) is 0 Å². The Morgan fingerprint density at radius 2 is 2.13 bits per heavy atom. The highest BCUT2D eigenvalue weighted by molar-refractivity contribution is 5.77. The number of hydrogen-bond acceptors (Lipinski definition) is 3. The van der Waals surface area contributed by atoms with Crippen molar-refractivity contribution in [3.63, 3.8) is 0 Å². The minimum absolute atomic E-state index is 0.0171. The second-order valence-corrected chi connectivity index (χ2v) is 4.04. The topological polar surface area (TPSA) is 55.4 Å². The third kappa shape index (κ3) is 4.32. The minimum atomic E-state index is -0.247. The zero-order valence-electron chi connectivity index (χ0n) is 9.41. The van der Waals surface area contributed by atoms with Gasteiger partial charge in [-0.15, -0.1) is 0 Å². The monoisotopic (exact) mass is 213 g/mol. The standard InChI is InChI=1S/C11H19NO3/c1-3-4-10(13)12-9(8-5-6-8)7-11(14)15-2/h8-9H,3-7H2,1-2H3,(H,12,13)/t9-/m0/s1. The summed E-state index contributed by atoms with van der Waals surface area (Å²) in [4.78, 5) is 22.5. The van der Waals surface area contributed by atoms with Crippen LogP contribution >= 0.6 is 0 Å². The summed E-state index contributed by atoms with van der Waals surface area (Å²) in [5.41, 5.74) is 0. The van der Waals surface area contributed by atoms with Crippen molar-refractivity contribution in [3.05, 3.63) is 0 Å². The van der Waals surface area contributed by atoms with E-state index >= 15 is 0 Å². The van der Waals surface area contributed by atoms with Gasteiger partial charge in [-0.05, 0) is 25.2 Å². The number of rotatable bonds is 6. The van der Waals surface area contributed by atoms with Crippen molar-refractivity contribution >= 4 is 11.9 Å². The molecule has 1 fully saturated rings. The lowest BCUT2D eigenvalue weighted by Crippen LogP contribution is -2.38. The normalized spacial score (nSPS) is 16.9. The first-order valence-electron chi connectivity index (χ1n) is 5.53. The molecule has 15 heavy (non-hydrogen) atoms. The van der Waals surface area contributed by atoms with Gasteiger partial charge in [-0.1, -0.05) is 6.92 Å². The van der Waals surface area contributed by atoms with Gasteiger partial charge in [0.15, 0.2) is 0 Å². The van der Waals surface area contributed by atoms with Crippen LogP contribution in [0.3, 0.4) is 0 Å². The van der Waals surface area contributed by atoms with E-state index in [9.17, 15) is 9.59 Å². The first-order chi connectivity index (χ1) is 7.17. The molecule has 1 aliphatic rings. The van der Waals surface area contributed by atoms with E-state index in [2.05, 4.69) is 10.1 Å². The van der Waals surface area contributed by atoms with Crippen LogP contribution in [0.2, 0.25) is 0 Å². The third-order valence-corrected chi connectivity index (χ3v) is 2.63. The van der Waals surface area contributed by atoms with E-state index in [0.717, 1.165) is 19.3 Å². The molecule has 1 amide bonds. The van der Waals surface area contributed by atoms with Gasteiger partial charge >= 0.3 is 5.97 Å². The molecular formula is C11H19NO3. The highest BCUT2D eigenvalue weighted by atomic mass is 16.5. The number of ether oxygens (including phenoxy) is 1. The molecule has 0 aromatic rings. The quantitative estimate of drug-likeness (QED) is 0.675. The van der Waals surface area contributed by atoms with E-state index in [1.807, 2.05) is 6.92 Å². The summed E-state index contributed by atoms with van der Waals surface area (Å²) in [5, 5.41) is 2.91. The van der Waals surface area contributed by atoms with Crippen molar-refractivity contribution in [2.75, 3.05) is 7.11 Å². The van der Waals surface area contributed by atoms with Crippen LogP contribution in [0.4, 0.5) is 0 Å². The summed E-state index contributed by atoms with van der Waals surface area (Å²) >= 11 is 0. The summed E-state index contributed by atoms with van der Waals surface area (Å²) in [6.07, 6.45) is 3.88. The lowest BCUT2D eigenvalue weighted by atomic mass is 10.1. The predicted octanol–water partition coefficient (Wildman–Crippen LogP) is 1.24. The number of carbonyl (C=O) groups excluding carboxylic acids is 2. The first-order valence-corrected chi connectivity index (χ1v) is 5.53. The van der Waals surface area contributed by atoms with Crippen LogP contribution in [0.15, 0.2) is 0 Å². The molecule has 0 aliphatic heterocycles. The Morgan fingerprint density at radius 1 is 1.47 bits per heavy atom. The number of methoxy groups -OCH3 is 1. The SMILES string of the molecule is CCCC(=O)N[C@@H](CC(=O)OC)C1CC1. The molecule has 1 saturated carbocycles. The minimum Gasteiger partial charge on any atom is -0.469 e. The third-order valence-electron chi connectivity index (χ3n) is 2.63. The lowest BCUT2D eigenvalue weighted by molar-refractivity contribution is -0.141. The second-order valence-electron chi connectivity index (χ2n) is 4.04. The molecular weight excluding hydrogens is 194 g/mol. The first kappa shape index (κ1) is 12.0. The fourth-order valence-corrected chi connectivity index (χ4v) is 1.60. The van der Waals surface area contributed by atoms with Crippen molar-refractivity contribution in [2.24, 2.45) is 5.92 Å². The molecule has 1 atom stereocenters. The van der Waals surface area contributed by atoms with Crippen molar-refractivity contribution in [1.82, 2.24) is 5.32 Å². The molecule has 0 bridgehead atoms. The second kappa shape index (κ2) is 5.73. The number of esters is 1. The van der Waals surface area contributed by atoms with Crippen molar-refractivity contribution in [3.8, 4) is 0 Å². The molecule has 1 aliphatic carbocycles. The molecule has 0 aromatic heterocycles. The van der Waals surface area contributed by atoms with Gasteiger partial charge in [0.05, 0.1) is 13.5 Å². The van der Waals surface area contributed by atoms with Gasteiger partial charge in [-0.2, -0.15) is 0 Å². The highest BCUT2D eigenvalue weighted by Gasteiger charge is 2.33. The maximum absolute atomic E-state index is 11.4. The zero-order valence-corrected chi connectivity index (χ0v) is 9.41. The Balaban J connectivity index is 2.36. The number of carbonyl (C=O) groups is 2. The van der Waals surface area contributed by atoms with Crippen molar-refractivity contribution in [2.45, 2.75) is 45.1 Å². The van der Waals surface area contributed by atoms with Crippen LogP contribution < -0.4 is 5.32 Å². The van der Waals surface area contributed by atoms with Gasteiger partial charge in [0.25, 0.3) is 0 Å². The van der Waals surface area contributed by atoms with Crippen molar-refractivity contribution in [1.29, 1.82) is 0 Å². The van der Waals surface area contributed by atoms with Gasteiger partial charge in [0, 0.05) is 12.5 Å². The largest absolute Gasteiger partial charge is 0.469 e. The van der Waals surface area contributed by atoms with Gasteiger partial charge in [0.2, 0.25) is 5.91 Å². The summed E-state index contributed by atoms with van der Waals surface area (Å²) in [6.45, 7) is 1.96. The van der Waals surface area contributed by atoms with Crippen molar-refractivity contribution < 1.29 is 14.3 Å². The average molecular weight is 213 g/mol. The number of hydrogen-bond donors (Lipinski definition) is 1.